The summed E-state index contributed by atoms with van der Waals surface area (Å²) in [5.41, 5.74) is 1.81. The van der Waals surface area contributed by atoms with Gasteiger partial charge >= 0.3 is 0 Å². The van der Waals surface area contributed by atoms with Gasteiger partial charge in [0, 0.05) is 29.3 Å². The van der Waals surface area contributed by atoms with Crippen LogP contribution in [0.3, 0.4) is 0 Å². The van der Waals surface area contributed by atoms with Crippen molar-refractivity contribution in [1.29, 1.82) is 0 Å². The summed E-state index contributed by atoms with van der Waals surface area (Å²) in [4.78, 5) is 11.8. The van der Waals surface area contributed by atoms with Crippen LogP contribution in [-0.2, 0) is 0 Å². The van der Waals surface area contributed by atoms with Crippen molar-refractivity contribution < 1.29 is 4.52 Å². The van der Waals surface area contributed by atoms with Gasteiger partial charge in [0.2, 0.25) is 11.7 Å². The van der Waals surface area contributed by atoms with E-state index in [1.807, 2.05) is 18.3 Å². The maximum absolute atomic E-state index is 5.28. The molecule has 0 bridgehead atoms. The third kappa shape index (κ3) is 1.35. The van der Waals surface area contributed by atoms with E-state index in [-0.39, 0.29) is 0 Å². The minimum atomic E-state index is 0.486. The average Bonchev–Trinajstić information content (AvgIpc) is 2.93. The third-order valence-electron chi connectivity index (χ3n) is 3.07. The quantitative estimate of drug-likeness (QED) is 0.728. The summed E-state index contributed by atoms with van der Waals surface area (Å²) in [6.45, 7) is 0. The molecule has 3 aromatic rings. The fourth-order valence-electron chi connectivity index (χ4n) is 2.00. The molecule has 0 radical (unpaired) electrons. The Kier molecular flexibility index (Phi) is 1.66. The van der Waals surface area contributed by atoms with E-state index in [1.54, 1.807) is 6.20 Å². The molecule has 1 N–H and O–H groups in total. The highest BCUT2D eigenvalue weighted by Crippen LogP contribution is 2.39. The molecular weight excluding hydrogens is 216 g/mol. The second-order valence-electron chi connectivity index (χ2n) is 4.33. The Bertz CT molecular complexity index is 680. The van der Waals surface area contributed by atoms with Crippen LogP contribution in [0.1, 0.15) is 24.7 Å². The van der Waals surface area contributed by atoms with Crippen LogP contribution in [0.15, 0.2) is 29.0 Å². The Morgan fingerprint density at radius 1 is 1.29 bits per heavy atom. The van der Waals surface area contributed by atoms with Gasteiger partial charge in [0.25, 0.3) is 0 Å². The zero-order valence-electron chi connectivity index (χ0n) is 9.05. The molecule has 84 valence electrons. The minimum absolute atomic E-state index is 0.486. The summed E-state index contributed by atoms with van der Waals surface area (Å²) < 4.78 is 5.28. The second-order valence-corrected chi connectivity index (χ2v) is 4.33. The van der Waals surface area contributed by atoms with E-state index in [0.29, 0.717) is 11.7 Å². The summed E-state index contributed by atoms with van der Waals surface area (Å²) in [5, 5.41) is 5.07. The molecule has 0 aromatic carbocycles. The molecule has 4 rings (SSSR count). The predicted octanol–water partition coefficient (Wildman–Crippen LogP) is 2.49. The minimum Gasteiger partial charge on any atom is -0.346 e. The summed E-state index contributed by atoms with van der Waals surface area (Å²) in [5.74, 6) is 1.90. The largest absolute Gasteiger partial charge is 0.346 e. The van der Waals surface area contributed by atoms with Gasteiger partial charge in [-0.15, -0.1) is 0 Å². The van der Waals surface area contributed by atoms with E-state index in [1.165, 1.54) is 0 Å². The number of pyridine rings is 1. The molecule has 1 aliphatic carbocycles. The number of hydrogen-bond acceptors (Lipinski definition) is 4. The van der Waals surface area contributed by atoms with Crippen LogP contribution in [0, 0.1) is 0 Å². The Morgan fingerprint density at radius 2 is 2.24 bits per heavy atom. The molecule has 5 heteroatoms. The number of aromatic amines is 1. The van der Waals surface area contributed by atoms with Crippen molar-refractivity contribution in [2.24, 2.45) is 0 Å². The predicted molar refractivity (Wildman–Crippen MR) is 61.4 cm³/mol. The van der Waals surface area contributed by atoms with Crippen LogP contribution in [-0.4, -0.2) is 20.1 Å². The van der Waals surface area contributed by atoms with Crippen molar-refractivity contribution in [2.75, 3.05) is 0 Å². The van der Waals surface area contributed by atoms with E-state index in [9.17, 15) is 0 Å². The maximum Gasteiger partial charge on any atom is 0.230 e. The first-order valence-electron chi connectivity index (χ1n) is 5.68. The van der Waals surface area contributed by atoms with Crippen LogP contribution >= 0.6 is 0 Å². The molecule has 5 nitrogen and oxygen atoms in total. The standard InChI is InChI=1S/C12H10N4O/c1-2-7(1)12-15-11(16-17-12)9-4-6-14-10-8(9)3-5-13-10/h3-7H,1-2H2,(H,13,14). The smallest absolute Gasteiger partial charge is 0.230 e. The fraction of sp³-hybridized carbons (Fsp3) is 0.250. The van der Waals surface area contributed by atoms with E-state index in [0.717, 1.165) is 35.3 Å². The van der Waals surface area contributed by atoms with Gasteiger partial charge in [-0.1, -0.05) is 5.16 Å². The van der Waals surface area contributed by atoms with Gasteiger partial charge in [-0.05, 0) is 25.0 Å². The highest BCUT2D eigenvalue weighted by Gasteiger charge is 2.30. The first-order chi connectivity index (χ1) is 8.42. The molecule has 1 fully saturated rings. The van der Waals surface area contributed by atoms with E-state index in [4.69, 9.17) is 4.52 Å². The van der Waals surface area contributed by atoms with Gasteiger partial charge in [0.05, 0.1) is 0 Å². The van der Waals surface area contributed by atoms with Crippen molar-refractivity contribution in [3.05, 3.63) is 30.4 Å². The lowest BCUT2D eigenvalue weighted by molar-refractivity contribution is 0.380. The molecule has 17 heavy (non-hydrogen) atoms. The van der Waals surface area contributed by atoms with Crippen molar-refractivity contribution in [2.45, 2.75) is 18.8 Å². The van der Waals surface area contributed by atoms with E-state index >= 15 is 0 Å². The number of hydrogen-bond donors (Lipinski definition) is 1. The SMILES string of the molecule is c1cc(-c2noc(C3CC3)n2)c2cc[nH]c2n1. The van der Waals surface area contributed by atoms with Gasteiger partial charge < -0.3 is 9.51 Å². The van der Waals surface area contributed by atoms with Gasteiger partial charge in [-0.25, -0.2) is 4.98 Å². The van der Waals surface area contributed by atoms with Crippen LogP contribution in [0.2, 0.25) is 0 Å². The molecule has 0 amide bonds. The summed E-state index contributed by atoms with van der Waals surface area (Å²) in [6, 6.07) is 3.89. The zero-order valence-corrected chi connectivity index (χ0v) is 9.05. The van der Waals surface area contributed by atoms with Crippen LogP contribution in [0.5, 0.6) is 0 Å². The first kappa shape index (κ1) is 8.92. The number of rotatable bonds is 2. The van der Waals surface area contributed by atoms with Crippen molar-refractivity contribution in [1.82, 2.24) is 20.1 Å². The Morgan fingerprint density at radius 3 is 3.12 bits per heavy atom. The Balaban J connectivity index is 1.88. The maximum atomic E-state index is 5.28. The first-order valence-corrected chi connectivity index (χ1v) is 5.68. The molecule has 0 saturated heterocycles. The topological polar surface area (TPSA) is 67.6 Å². The summed E-state index contributed by atoms with van der Waals surface area (Å²) >= 11 is 0. The normalized spacial score (nSPS) is 15.5. The summed E-state index contributed by atoms with van der Waals surface area (Å²) in [7, 11) is 0. The second kappa shape index (κ2) is 3.16. The van der Waals surface area contributed by atoms with Crippen LogP contribution < -0.4 is 0 Å². The van der Waals surface area contributed by atoms with Crippen LogP contribution in [0.4, 0.5) is 0 Å². The molecule has 3 heterocycles. The van der Waals surface area contributed by atoms with E-state index < -0.39 is 0 Å². The van der Waals surface area contributed by atoms with Crippen molar-refractivity contribution in [3.63, 3.8) is 0 Å². The highest BCUT2D eigenvalue weighted by atomic mass is 16.5. The highest BCUT2D eigenvalue weighted by molar-refractivity contribution is 5.90. The molecule has 0 atom stereocenters. The van der Waals surface area contributed by atoms with Gasteiger partial charge in [-0.2, -0.15) is 4.98 Å². The number of aromatic nitrogens is 4. The Hall–Kier alpha value is -2.17. The molecular formula is C12H10N4O. The van der Waals surface area contributed by atoms with Crippen LogP contribution in [0.25, 0.3) is 22.4 Å². The lowest BCUT2D eigenvalue weighted by Crippen LogP contribution is -1.85. The zero-order chi connectivity index (χ0) is 11.2. The third-order valence-corrected chi connectivity index (χ3v) is 3.07. The number of fused-ring (bicyclic) bond motifs is 1. The molecule has 0 aliphatic heterocycles. The Labute approximate surface area is 96.9 Å². The summed E-state index contributed by atoms with van der Waals surface area (Å²) in [6.07, 6.45) is 5.94. The van der Waals surface area contributed by atoms with E-state index in [2.05, 4.69) is 20.1 Å². The lowest BCUT2D eigenvalue weighted by atomic mass is 10.2. The molecule has 0 unspecified atom stereocenters. The van der Waals surface area contributed by atoms with Gasteiger partial charge in [-0.3, -0.25) is 0 Å². The monoisotopic (exact) mass is 226 g/mol. The van der Waals surface area contributed by atoms with Crippen molar-refractivity contribution >= 4 is 11.0 Å². The average molecular weight is 226 g/mol. The van der Waals surface area contributed by atoms with Gasteiger partial charge in [0.1, 0.15) is 5.65 Å². The van der Waals surface area contributed by atoms with Gasteiger partial charge in [0.15, 0.2) is 0 Å². The molecule has 0 spiro atoms. The lowest BCUT2D eigenvalue weighted by Gasteiger charge is -1.95. The molecule has 3 aromatic heterocycles. The van der Waals surface area contributed by atoms with Crippen molar-refractivity contribution in [3.8, 4) is 11.4 Å². The molecule has 1 aliphatic rings. The molecule has 1 saturated carbocycles. The number of nitrogens with one attached hydrogen (secondary N) is 1. The number of nitrogens with zero attached hydrogens (tertiary/aromatic N) is 3. The number of H-pyrrole nitrogens is 1. The fourth-order valence-corrected chi connectivity index (χ4v) is 2.00.